The lowest BCUT2D eigenvalue weighted by Gasteiger charge is -2.34. The van der Waals surface area contributed by atoms with Crippen LogP contribution in [0.3, 0.4) is 0 Å². The van der Waals surface area contributed by atoms with Gasteiger partial charge in [-0.15, -0.1) is 11.3 Å². The fourth-order valence-electron chi connectivity index (χ4n) is 5.60. The topological polar surface area (TPSA) is 90.5 Å². The van der Waals surface area contributed by atoms with Crippen LogP contribution in [0.4, 0.5) is 5.82 Å². The molecule has 2 saturated heterocycles. The van der Waals surface area contributed by atoms with Gasteiger partial charge >= 0.3 is 0 Å². The second-order valence-electron chi connectivity index (χ2n) is 11.1. The first kappa shape index (κ1) is 27.6. The molecule has 41 heavy (non-hydrogen) atoms. The van der Waals surface area contributed by atoms with Gasteiger partial charge in [0.15, 0.2) is 11.6 Å². The Labute approximate surface area is 244 Å². The normalized spacial score (nSPS) is 16.4. The summed E-state index contributed by atoms with van der Waals surface area (Å²) >= 11 is 1.78. The maximum Gasteiger partial charge on any atom is 0.222 e. The number of rotatable bonds is 8. The van der Waals surface area contributed by atoms with Crippen molar-refractivity contribution in [1.82, 2.24) is 30.0 Å². The van der Waals surface area contributed by atoms with Gasteiger partial charge in [-0.2, -0.15) is 5.10 Å². The van der Waals surface area contributed by atoms with Gasteiger partial charge in [0.25, 0.3) is 0 Å². The van der Waals surface area contributed by atoms with Crippen LogP contribution in [0.25, 0.3) is 32.5 Å². The minimum absolute atomic E-state index is 0.223. The van der Waals surface area contributed by atoms with Gasteiger partial charge in [-0.25, -0.2) is 9.97 Å². The third kappa shape index (κ3) is 6.19. The first-order chi connectivity index (χ1) is 19.9. The lowest BCUT2D eigenvalue weighted by atomic mass is 10.1. The molecule has 1 amide bonds. The number of amides is 1. The summed E-state index contributed by atoms with van der Waals surface area (Å²) in [5.41, 5.74) is 5.16. The van der Waals surface area contributed by atoms with E-state index in [1.807, 2.05) is 23.2 Å². The van der Waals surface area contributed by atoms with Crippen LogP contribution in [0.1, 0.15) is 31.6 Å². The molecule has 0 bridgehead atoms. The third-order valence-corrected chi connectivity index (χ3v) is 8.80. The molecule has 2 aliphatic rings. The van der Waals surface area contributed by atoms with Gasteiger partial charge in [0.1, 0.15) is 0 Å². The summed E-state index contributed by atoms with van der Waals surface area (Å²) in [5.74, 6) is 1.92. The molecule has 0 radical (unpaired) electrons. The Hall–Kier alpha value is -3.60. The number of piperazine rings is 1. The van der Waals surface area contributed by atoms with Crippen LogP contribution >= 0.6 is 11.3 Å². The molecule has 6 rings (SSSR count). The first-order valence-corrected chi connectivity index (χ1v) is 15.1. The lowest BCUT2D eigenvalue weighted by Crippen LogP contribution is -2.48. The number of aromatic nitrogens is 4. The number of hydrogen-bond acceptors (Lipinski definition) is 8. The third-order valence-electron chi connectivity index (χ3n) is 7.70. The van der Waals surface area contributed by atoms with E-state index in [9.17, 15) is 4.79 Å². The standard InChI is InChI=1S/C31H37N7O2S/c1-21(2)17-22(3)7-8-28(39)37-11-9-36(10-12-37)20-23-18-27-29(41-23)31(38-13-15-40-16-14-38)34-30(33-27)24-5-4-6-26-25(24)19-32-35-26/h4-6,17-19H,3,7-16,20H2,1-2H3,(H,32,35). The number of allylic oxidation sites excluding steroid dienone is 3. The molecule has 0 saturated carbocycles. The quantitative estimate of drug-likeness (QED) is 0.297. The van der Waals surface area contributed by atoms with Gasteiger partial charge in [0.2, 0.25) is 5.91 Å². The summed E-state index contributed by atoms with van der Waals surface area (Å²) in [6.45, 7) is 15.3. The van der Waals surface area contributed by atoms with E-state index >= 15 is 0 Å². The zero-order valence-electron chi connectivity index (χ0n) is 23.9. The highest BCUT2D eigenvalue weighted by molar-refractivity contribution is 7.19. The molecule has 214 valence electrons. The Bertz CT molecular complexity index is 1590. The molecule has 0 atom stereocenters. The Morgan fingerprint density at radius 3 is 2.68 bits per heavy atom. The highest BCUT2D eigenvalue weighted by atomic mass is 32.1. The van der Waals surface area contributed by atoms with Crippen LogP contribution < -0.4 is 4.90 Å². The summed E-state index contributed by atoms with van der Waals surface area (Å²) in [6.07, 6.45) is 5.15. The van der Waals surface area contributed by atoms with Gasteiger partial charge in [0, 0.05) is 68.1 Å². The van der Waals surface area contributed by atoms with Crippen LogP contribution in [0.2, 0.25) is 0 Å². The number of anilines is 1. The van der Waals surface area contributed by atoms with Crippen molar-refractivity contribution in [2.45, 2.75) is 33.2 Å². The number of hydrogen-bond donors (Lipinski definition) is 1. The molecule has 10 heteroatoms. The fraction of sp³-hybridized carbons (Fsp3) is 0.419. The molecule has 4 aromatic rings. The van der Waals surface area contributed by atoms with Gasteiger partial charge in [-0.3, -0.25) is 14.8 Å². The van der Waals surface area contributed by atoms with E-state index < -0.39 is 0 Å². The SMILES string of the molecule is C=C(C=C(C)C)CCC(=O)N1CCN(Cc2cc3nc(-c4cccc5[nH]ncc45)nc(N4CCOCC4)c3s2)CC1. The maximum atomic E-state index is 12.8. The molecule has 1 aromatic carbocycles. The van der Waals surface area contributed by atoms with E-state index in [4.69, 9.17) is 14.7 Å². The predicted octanol–water partition coefficient (Wildman–Crippen LogP) is 5.02. The molecule has 5 heterocycles. The lowest BCUT2D eigenvalue weighted by molar-refractivity contribution is -0.132. The van der Waals surface area contributed by atoms with Crippen molar-refractivity contribution >= 4 is 44.2 Å². The Morgan fingerprint density at radius 1 is 1.10 bits per heavy atom. The molecule has 3 aromatic heterocycles. The largest absolute Gasteiger partial charge is 0.378 e. The minimum atomic E-state index is 0.223. The van der Waals surface area contributed by atoms with Crippen molar-refractivity contribution in [3.8, 4) is 11.4 Å². The number of fused-ring (bicyclic) bond motifs is 2. The zero-order chi connectivity index (χ0) is 28.3. The number of carbonyl (C=O) groups excluding carboxylic acids is 1. The summed E-state index contributed by atoms with van der Waals surface area (Å²) < 4.78 is 6.75. The van der Waals surface area contributed by atoms with Gasteiger partial charge in [-0.05, 0) is 32.4 Å². The fourth-order valence-corrected chi connectivity index (χ4v) is 6.75. The zero-order valence-corrected chi connectivity index (χ0v) is 24.7. The van der Waals surface area contributed by atoms with E-state index in [1.165, 1.54) is 10.5 Å². The Morgan fingerprint density at radius 2 is 1.90 bits per heavy atom. The van der Waals surface area contributed by atoms with E-state index in [2.05, 4.69) is 58.6 Å². The number of thiophene rings is 1. The molecule has 0 aliphatic carbocycles. The molecular weight excluding hydrogens is 534 g/mol. The number of morpholine rings is 1. The maximum absolute atomic E-state index is 12.8. The van der Waals surface area contributed by atoms with E-state index in [0.717, 1.165) is 96.1 Å². The monoisotopic (exact) mass is 571 g/mol. The van der Waals surface area contributed by atoms with Crippen LogP contribution in [0.5, 0.6) is 0 Å². The number of aromatic amines is 1. The smallest absolute Gasteiger partial charge is 0.222 e. The average molecular weight is 572 g/mol. The number of benzene rings is 1. The van der Waals surface area contributed by atoms with Crippen LogP contribution in [0, 0.1) is 0 Å². The summed E-state index contributed by atoms with van der Waals surface area (Å²) in [4.78, 5) is 31.0. The van der Waals surface area contributed by atoms with E-state index in [0.29, 0.717) is 19.6 Å². The summed E-state index contributed by atoms with van der Waals surface area (Å²) in [6, 6.07) is 8.32. The van der Waals surface area contributed by atoms with Crippen molar-refractivity contribution in [1.29, 1.82) is 0 Å². The average Bonchev–Trinajstić information content (AvgIpc) is 3.62. The second kappa shape index (κ2) is 12.1. The van der Waals surface area contributed by atoms with Crippen LogP contribution in [0.15, 0.2) is 54.3 Å². The molecule has 1 N–H and O–H groups in total. The molecule has 9 nitrogen and oxygen atoms in total. The Balaban J connectivity index is 1.19. The number of ether oxygens (including phenoxy) is 1. The van der Waals surface area contributed by atoms with Gasteiger partial charge < -0.3 is 14.5 Å². The van der Waals surface area contributed by atoms with Crippen molar-refractivity contribution in [3.05, 3.63) is 59.1 Å². The van der Waals surface area contributed by atoms with E-state index in [1.54, 1.807) is 11.3 Å². The number of nitrogens with zero attached hydrogens (tertiary/aromatic N) is 6. The summed E-state index contributed by atoms with van der Waals surface area (Å²) in [7, 11) is 0. The van der Waals surface area contributed by atoms with Crippen LogP contribution in [-0.4, -0.2) is 88.4 Å². The van der Waals surface area contributed by atoms with Crippen LogP contribution in [-0.2, 0) is 16.1 Å². The molecule has 0 unspecified atom stereocenters. The van der Waals surface area contributed by atoms with Crippen molar-refractivity contribution in [2.75, 3.05) is 57.4 Å². The molecule has 0 spiro atoms. The molecule has 2 aliphatic heterocycles. The first-order valence-electron chi connectivity index (χ1n) is 14.3. The van der Waals surface area contributed by atoms with E-state index in [-0.39, 0.29) is 5.91 Å². The minimum Gasteiger partial charge on any atom is -0.378 e. The van der Waals surface area contributed by atoms with Gasteiger partial charge in [-0.1, -0.05) is 35.9 Å². The van der Waals surface area contributed by atoms with Crippen molar-refractivity contribution < 1.29 is 9.53 Å². The second-order valence-corrected chi connectivity index (χ2v) is 12.2. The van der Waals surface area contributed by atoms with Crippen molar-refractivity contribution in [3.63, 3.8) is 0 Å². The molecular formula is C31H37N7O2S. The van der Waals surface area contributed by atoms with Gasteiger partial charge in [0.05, 0.1) is 35.1 Å². The Kier molecular flexibility index (Phi) is 8.13. The number of nitrogens with one attached hydrogen (secondary N) is 1. The molecule has 2 fully saturated rings. The highest BCUT2D eigenvalue weighted by Crippen LogP contribution is 2.36. The number of H-pyrrole nitrogens is 1. The number of carbonyl (C=O) groups is 1. The summed E-state index contributed by atoms with van der Waals surface area (Å²) in [5, 5.41) is 8.31. The highest BCUT2D eigenvalue weighted by Gasteiger charge is 2.24. The van der Waals surface area contributed by atoms with Crippen molar-refractivity contribution in [2.24, 2.45) is 0 Å². The predicted molar refractivity (Wildman–Crippen MR) is 165 cm³/mol.